The van der Waals surface area contributed by atoms with Crippen LogP contribution in [0.15, 0.2) is 12.1 Å². The van der Waals surface area contributed by atoms with Crippen LogP contribution in [0.25, 0.3) is 0 Å². The number of hydrogen-bond acceptors (Lipinski definition) is 4. The number of amides is 1. The average molecular weight is 520 g/mol. The summed E-state index contributed by atoms with van der Waals surface area (Å²) < 4.78 is 56.3. The summed E-state index contributed by atoms with van der Waals surface area (Å²) in [6.45, 7) is 2.71. The summed E-state index contributed by atoms with van der Waals surface area (Å²) in [4.78, 5) is 26.0. The lowest BCUT2D eigenvalue weighted by atomic mass is 9.78. The van der Waals surface area contributed by atoms with Gasteiger partial charge in [-0.1, -0.05) is 22.5 Å². The normalized spacial score (nSPS) is 11.4. The second-order valence-corrected chi connectivity index (χ2v) is 8.74. The van der Waals surface area contributed by atoms with Crippen LogP contribution in [-0.2, 0) is 11.0 Å². The molecule has 0 saturated heterocycles. The predicted octanol–water partition coefficient (Wildman–Crippen LogP) is -0.544. The summed E-state index contributed by atoms with van der Waals surface area (Å²) in [5.41, 5.74) is -7.23. The molecule has 0 atom stereocenters. The van der Waals surface area contributed by atoms with Gasteiger partial charge in [0.25, 0.3) is 5.91 Å². The van der Waals surface area contributed by atoms with Crippen molar-refractivity contribution in [3.8, 4) is 6.07 Å². The molecule has 0 fully saturated rings. The standard InChI is InChI=1S/C22H16B4F4N4O2S/c1-21(2,8-35)34(18-12(24)6-10(19(36)32-3)16(27)15(18)26)20(37)33(4)17-11(23)5-9(7-31)13(14(17)25)22(28,29)30/h5-6,8H,1-4H3,(H,32,36). The molecule has 0 unspecified atom stereocenters. The number of anilines is 2. The number of nitrogens with one attached hydrogen (secondary N) is 1. The first-order valence-electron chi connectivity index (χ1n) is 10.3. The first-order chi connectivity index (χ1) is 17.0. The number of aldehydes is 1. The lowest BCUT2D eigenvalue weighted by Crippen LogP contribution is -2.58. The average Bonchev–Trinajstić information content (AvgIpc) is 2.81. The van der Waals surface area contributed by atoms with E-state index in [2.05, 4.69) is 5.32 Å². The number of thiocarbonyl (C=S) groups is 1. The fourth-order valence-corrected chi connectivity index (χ4v) is 4.07. The maximum absolute atomic E-state index is 15.1. The van der Waals surface area contributed by atoms with Gasteiger partial charge in [0.1, 0.15) is 43.5 Å². The smallest absolute Gasteiger partial charge is 0.355 e. The van der Waals surface area contributed by atoms with Crippen LogP contribution in [0.1, 0.15) is 35.3 Å². The summed E-state index contributed by atoms with van der Waals surface area (Å²) >= 11 is 5.49. The zero-order valence-electron chi connectivity index (χ0n) is 20.1. The van der Waals surface area contributed by atoms with Crippen molar-refractivity contribution in [2.45, 2.75) is 25.6 Å². The van der Waals surface area contributed by atoms with E-state index in [4.69, 9.17) is 43.6 Å². The van der Waals surface area contributed by atoms with Gasteiger partial charge in [-0.3, -0.25) is 4.79 Å². The lowest BCUT2D eigenvalue weighted by molar-refractivity contribution is -0.136. The summed E-state index contributed by atoms with van der Waals surface area (Å²) in [5.74, 6) is -2.00. The number of alkyl halides is 3. The maximum atomic E-state index is 15.1. The van der Waals surface area contributed by atoms with Crippen LogP contribution >= 0.6 is 12.2 Å². The van der Waals surface area contributed by atoms with Crippen LogP contribution in [-0.4, -0.2) is 68.3 Å². The highest BCUT2D eigenvalue weighted by molar-refractivity contribution is 7.80. The number of halogens is 4. The second-order valence-electron chi connectivity index (χ2n) is 8.38. The fraction of sp³-hybridized carbons (Fsp3) is 0.273. The molecule has 0 aliphatic carbocycles. The Kier molecular flexibility index (Phi) is 8.60. The number of nitrogens with zero attached hydrogens (tertiary/aromatic N) is 3. The van der Waals surface area contributed by atoms with Gasteiger partial charge >= 0.3 is 6.18 Å². The van der Waals surface area contributed by atoms with Gasteiger partial charge in [-0.2, -0.15) is 18.4 Å². The van der Waals surface area contributed by atoms with E-state index in [9.17, 15) is 28.0 Å². The van der Waals surface area contributed by atoms with Gasteiger partial charge in [-0.25, -0.2) is 4.39 Å². The first-order valence-corrected chi connectivity index (χ1v) is 10.7. The van der Waals surface area contributed by atoms with Crippen LogP contribution in [0.2, 0.25) is 0 Å². The van der Waals surface area contributed by atoms with Crippen molar-refractivity contribution in [2.75, 3.05) is 23.9 Å². The van der Waals surface area contributed by atoms with Crippen LogP contribution in [0.5, 0.6) is 0 Å². The molecule has 0 aromatic heterocycles. The molecule has 1 amide bonds. The highest BCUT2D eigenvalue weighted by Gasteiger charge is 2.39. The Morgan fingerprint density at radius 2 is 1.65 bits per heavy atom. The van der Waals surface area contributed by atoms with E-state index in [0.29, 0.717) is 6.29 Å². The van der Waals surface area contributed by atoms with Gasteiger partial charge in [0.05, 0.1) is 28.3 Å². The van der Waals surface area contributed by atoms with E-state index < -0.39 is 61.9 Å². The zero-order chi connectivity index (χ0) is 28.6. The minimum absolute atomic E-state index is 0.264. The molecule has 6 nitrogen and oxygen atoms in total. The van der Waals surface area contributed by atoms with Gasteiger partial charge in [0.2, 0.25) is 0 Å². The number of rotatable bonds is 5. The minimum Gasteiger partial charge on any atom is -0.355 e. The van der Waals surface area contributed by atoms with Gasteiger partial charge < -0.3 is 19.9 Å². The molecule has 0 aliphatic rings. The van der Waals surface area contributed by atoms with Crippen molar-refractivity contribution < 1.29 is 27.2 Å². The van der Waals surface area contributed by atoms with E-state index in [1.807, 2.05) is 0 Å². The molecule has 0 spiro atoms. The first kappa shape index (κ1) is 30.0. The maximum Gasteiger partial charge on any atom is 0.417 e. The van der Waals surface area contributed by atoms with E-state index in [1.54, 1.807) is 0 Å². The molecule has 182 valence electrons. The molecule has 2 rings (SSSR count). The molecule has 0 saturated carbocycles. The third-order valence-electron chi connectivity index (χ3n) is 5.45. The highest BCUT2D eigenvalue weighted by atomic mass is 32.1. The molecule has 0 heterocycles. The van der Waals surface area contributed by atoms with E-state index >= 15 is 4.39 Å². The molecule has 0 bridgehead atoms. The Morgan fingerprint density at radius 1 is 1.11 bits per heavy atom. The molecule has 2 aromatic carbocycles. The predicted molar refractivity (Wildman–Crippen MR) is 141 cm³/mol. The summed E-state index contributed by atoms with van der Waals surface area (Å²) in [5, 5.41) is 11.0. The van der Waals surface area contributed by atoms with Crippen molar-refractivity contribution in [2.24, 2.45) is 0 Å². The number of carbonyl (C=O) groups is 2. The van der Waals surface area contributed by atoms with Crippen molar-refractivity contribution >= 4 is 94.1 Å². The van der Waals surface area contributed by atoms with Crippen molar-refractivity contribution in [3.05, 3.63) is 34.6 Å². The lowest BCUT2D eigenvalue weighted by Gasteiger charge is -2.42. The summed E-state index contributed by atoms with van der Waals surface area (Å²) in [7, 11) is 26.3. The third kappa shape index (κ3) is 5.39. The quantitative estimate of drug-likeness (QED) is 0.248. The van der Waals surface area contributed by atoms with Gasteiger partial charge in [-0.15, -0.1) is 0 Å². The molecule has 15 heteroatoms. The Balaban J connectivity index is 2.86. The molecular formula is C22H16B4F4N4O2S. The molecule has 2 aromatic rings. The molecule has 8 radical (unpaired) electrons. The Labute approximate surface area is 222 Å². The Bertz CT molecular complexity index is 1350. The van der Waals surface area contributed by atoms with Gasteiger partial charge in [0.15, 0.2) is 5.11 Å². The SMILES string of the molecule is [B]c1cc(C#N)c(C(F)(F)F)c([B])c1N(C)C(=S)N(c1c([B])cc(C(=O)NC)c(F)c1[B])C(C)(C)C=O. The largest absolute Gasteiger partial charge is 0.417 e. The van der Waals surface area contributed by atoms with Crippen molar-refractivity contribution in [1.29, 1.82) is 5.26 Å². The molecular weight excluding hydrogens is 504 g/mol. The van der Waals surface area contributed by atoms with Crippen LogP contribution in [0.3, 0.4) is 0 Å². The Morgan fingerprint density at radius 3 is 2.11 bits per heavy atom. The molecule has 37 heavy (non-hydrogen) atoms. The molecule has 1 N–H and O–H groups in total. The third-order valence-corrected chi connectivity index (χ3v) is 5.90. The van der Waals surface area contributed by atoms with Crippen LogP contribution in [0, 0.1) is 17.1 Å². The zero-order valence-corrected chi connectivity index (χ0v) is 20.9. The summed E-state index contributed by atoms with van der Waals surface area (Å²) in [6, 6.07) is 3.16. The molecule has 0 aliphatic heterocycles. The number of carbonyl (C=O) groups excluding carboxylic acids is 2. The van der Waals surface area contributed by atoms with Gasteiger partial charge in [0, 0.05) is 25.5 Å². The minimum atomic E-state index is -5.02. The van der Waals surface area contributed by atoms with Crippen LogP contribution in [0.4, 0.5) is 28.9 Å². The number of nitriles is 1. The Hall–Kier alpha value is -3.26. The number of benzene rings is 2. The van der Waals surface area contributed by atoms with E-state index in [-0.39, 0.29) is 16.6 Å². The fourth-order valence-electron chi connectivity index (χ4n) is 3.65. The monoisotopic (exact) mass is 520 g/mol. The van der Waals surface area contributed by atoms with Crippen LogP contribution < -0.4 is 37.0 Å². The van der Waals surface area contributed by atoms with Crippen molar-refractivity contribution in [1.82, 2.24) is 5.32 Å². The van der Waals surface area contributed by atoms with Crippen molar-refractivity contribution in [3.63, 3.8) is 0 Å². The topological polar surface area (TPSA) is 76.4 Å². The second kappa shape index (κ2) is 10.6. The highest BCUT2D eigenvalue weighted by Crippen LogP contribution is 2.32. The van der Waals surface area contributed by atoms with E-state index in [0.717, 1.165) is 21.9 Å². The summed E-state index contributed by atoms with van der Waals surface area (Å²) in [6.07, 6.45) is -4.60. The number of hydrogen-bond donors (Lipinski definition) is 1. The van der Waals surface area contributed by atoms with E-state index in [1.165, 1.54) is 34.0 Å². The van der Waals surface area contributed by atoms with Gasteiger partial charge in [-0.05, 0) is 37.6 Å².